The zero-order valence-corrected chi connectivity index (χ0v) is 16.7. The predicted octanol–water partition coefficient (Wildman–Crippen LogP) is 3.18. The number of ether oxygens (including phenoxy) is 2. The molecule has 1 aliphatic carbocycles. The van der Waals surface area contributed by atoms with Gasteiger partial charge < -0.3 is 14.8 Å². The fourth-order valence-corrected chi connectivity index (χ4v) is 5.51. The van der Waals surface area contributed by atoms with Crippen molar-refractivity contribution in [2.24, 2.45) is 0 Å². The van der Waals surface area contributed by atoms with Crippen LogP contribution in [0.4, 0.5) is 0 Å². The van der Waals surface area contributed by atoms with E-state index in [9.17, 15) is 4.79 Å². The van der Waals surface area contributed by atoms with Gasteiger partial charge in [0.05, 0.1) is 12.6 Å². The Morgan fingerprint density at radius 2 is 2.30 bits per heavy atom. The molecule has 0 unspecified atom stereocenters. The molecule has 5 nitrogen and oxygen atoms in total. The Balaban J connectivity index is 1.49. The third kappa shape index (κ3) is 4.04. The number of benzene rings is 1. The van der Waals surface area contributed by atoms with Crippen molar-refractivity contribution in [3.63, 3.8) is 0 Å². The van der Waals surface area contributed by atoms with Crippen LogP contribution in [0.5, 0.6) is 0 Å². The number of amides is 1. The third-order valence-electron chi connectivity index (χ3n) is 5.83. The SMILES string of the molecule is COCC(=O)N[C@H]1CCCC[C@@]12CN(Cc1csc3ccccc13)CCO2. The van der Waals surface area contributed by atoms with Crippen molar-refractivity contribution >= 4 is 27.3 Å². The number of carbonyl (C=O) groups is 1. The van der Waals surface area contributed by atoms with E-state index >= 15 is 0 Å². The van der Waals surface area contributed by atoms with Crippen molar-refractivity contribution in [3.05, 3.63) is 35.2 Å². The van der Waals surface area contributed by atoms with Gasteiger partial charge in [0.15, 0.2) is 0 Å². The molecule has 0 bridgehead atoms. The summed E-state index contributed by atoms with van der Waals surface area (Å²) in [7, 11) is 1.56. The first-order valence-electron chi connectivity index (χ1n) is 9.80. The van der Waals surface area contributed by atoms with Crippen molar-refractivity contribution in [2.45, 2.75) is 43.9 Å². The number of hydrogen-bond acceptors (Lipinski definition) is 5. The molecule has 27 heavy (non-hydrogen) atoms. The smallest absolute Gasteiger partial charge is 0.246 e. The highest BCUT2D eigenvalue weighted by atomic mass is 32.1. The molecule has 1 saturated carbocycles. The molecule has 2 aromatic rings. The van der Waals surface area contributed by atoms with E-state index in [4.69, 9.17) is 9.47 Å². The summed E-state index contributed by atoms with van der Waals surface area (Å²) in [5.41, 5.74) is 1.12. The average molecular weight is 389 g/mol. The Kier molecular flexibility index (Phi) is 5.78. The van der Waals surface area contributed by atoms with Crippen LogP contribution in [0.15, 0.2) is 29.6 Å². The summed E-state index contributed by atoms with van der Waals surface area (Å²) in [6.45, 7) is 3.57. The Labute approximate surface area is 164 Å². The van der Waals surface area contributed by atoms with Crippen molar-refractivity contribution in [3.8, 4) is 0 Å². The van der Waals surface area contributed by atoms with Crippen molar-refractivity contribution < 1.29 is 14.3 Å². The quantitative estimate of drug-likeness (QED) is 0.855. The van der Waals surface area contributed by atoms with Crippen LogP contribution in [-0.2, 0) is 20.8 Å². The second kappa shape index (κ2) is 8.27. The van der Waals surface area contributed by atoms with Gasteiger partial charge in [-0.25, -0.2) is 0 Å². The minimum Gasteiger partial charge on any atom is -0.375 e. The summed E-state index contributed by atoms with van der Waals surface area (Å²) in [4.78, 5) is 14.6. The summed E-state index contributed by atoms with van der Waals surface area (Å²) in [5, 5.41) is 6.82. The van der Waals surface area contributed by atoms with Gasteiger partial charge in [-0.1, -0.05) is 31.0 Å². The zero-order valence-electron chi connectivity index (χ0n) is 15.9. The van der Waals surface area contributed by atoms with Crippen LogP contribution < -0.4 is 5.32 Å². The first-order chi connectivity index (χ1) is 13.2. The monoisotopic (exact) mass is 388 g/mol. The second-order valence-corrected chi connectivity index (χ2v) is 8.59. The lowest BCUT2D eigenvalue weighted by molar-refractivity contribution is -0.152. The van der Waals surface area contributed by atoms with Crippen LogP contribution in [0.2, 0.25) is 0 Å². The molecular weight excluding hydrogens is 360 g/mol. The summed E-state index contributed by atoms with van der Waals surface area (Å²) in [6, 6.07) is 8.68. The number of carbonyl (C=O) groups excluding carboxylic acids is 1. The Morgan fingerprint density at radius 3 is 3.19 bits per heavy atom. The van der Waals surface area contributed by atoms with Crippen LogP contribution >= 0.6 is 11.3 Å². The molecule has 146 valence electrons. The summed E-state index contributed by atoms with van der Waals surface area (Å²) in [6.07, 6.45) is 4.28. The van der Waals surface area contributed by atoms with E-state index in [-0.39, 0.29) is 24.2 Å². The number of fused-ring (bicyclic) bond motifs is 1. The molecule has 1 saturated heterocycles. The molecule has 2 aliphatic rings. The first-order valence-corrected chi connectivity index (χ1v) is 10.7. The minimum atomic E-state index is -0.272. The number of hydrogen-bond donors (Lipinski definition) is 1. The molecule has 1 aromatic heterocycles. The Hall–Kier alpha value is -1.47. The number of thiophene rings is 1. The van der Waals surface area contributed by atoms with Crippen LogP contribution in [0.1, 0.15) is 31.2 Å². The van der Waals surface area contributed by atoms with Gasteiger partial charge in [-0.05, 0) is 35.2 Å². The third-order valence-corrected chi connectivity index (χ3v) is 6.84. The van der Waals surface area contributed by atoms with Crippen LogP contribution in [-0.4, -0.2) is 55.9 Å². The molecule has 2 atom stereocenters. The van der Waals surface area contributed by atoms with Gasteiger partial charge in [0.2, 0.25) is 5.91 Å². The topological polar surface area (TPSA) is 50.8 Å². The van der Waals surface area contributed by atoms with Crippen LogP contribution in [0.3, 0.4) is 0 Å². The molecule has 4 rings (SSSR count). The molecule has 1 spiro atoms. The van der Waals surface area contributed by atoms with Gasteiger partial charge in [-0.2, -0.15) is 0 Å². The highest BCUT2D eigenvalue weighted by Crippen LogP contribution is 2.36. The average Bonchev–Trinajstić information content (AvgIpc) is 3.07. The van der Waals surface area contributed by atoms with Crippen molar-refractivity contribution in [2.75, 3.05) is 33.4 Å². The van der Waals surface area contributed by atoms with E-state index in [1.165, 1.54) is 15.6 Å². The van der Waals surface area contributed by atoms with Crippen LogP contribution in [0.25, 0.3) is 10.1 Å². The molecule has 2 fully saturated rings. The lowest BCUT2D eigenvalue weighted by atomic mass is 9.78. The van der Waals surface area contributed by atoms with E-state index in [1.54, 1.807) is 7.11 Å². The number of morpholine rings is 1. The Morgan fingerprint density at radius 1 is 1.41 bits per heavy atom. The maximum Gasteiger partial charge on any atom is 0.246 e. The van der Waals surface area contributed by atoms with E-state index < -0.39 is 0 Å². The molecule has 6 heteroatoms. The van der Waals surface area contributed by atoms with Gasteiger partial charge in [0.25, 0.3) is 0 Å². The minimum absolute atomic E-state index is 0.0478. The summed E-state index contributed by atoms with van der Waals surface area (Å²) in [5.74, 6) is -0.0478. The molecular formula is C21H28N2O3S. The van der Waals surface area contributed by atoms with Gasteiger partial charge in [-0.3, -0.25) is 9.69 Å². The van der Waals surface area contributed by atoms with Gasteiger partial charge in [0.1, 0.15) is 12.2 Å². The lowest BCUT2D eigenvalue weighted by Gasteiger charge is -2.49. The fourth-order valence-electron chi connectivity index (χ4n) is 4.56. The molecule has 1 N–H and O–H groups in total. The van der Waals surface area contributed by atoms with Gasteiger partial charge in [-0.15, -0.1) is 11.3 Å². The molecule has 0 radical (unpaired) electrons. The second-order valence-electron chi connectivity index (χ2n) is 7.68. The van der Waals surface area contributed by atoms with Crippen molar-refractivity contribution in [1.82, 2.24) is 10.2 Å². The maximum atomic E-state index is 12.1. The molecule has 2 heterocycles. The van der Waals surface area contributed by atoms with E-state index in [0.717, 1.165) is 51.9 Å². The molecule has 1 aromatic carbocycles. The number of methoxy groups -OCH3 is 1. The normalized spacial score (nSPS) is 26.5. The van der Waals surface area contributed by atoms with Gasteiger partial charge >= 0.3 is 0 Å². The predicted molar refractivity (Wildman–Crippen MR) is 108 cm³/mol. The number of rotatable bonds is 5. The molecule has 1 aliphatic heterocycles. The van der Waals surface area contributed by atoms with Crippen LogP contribution in [0, 0.1) is 0 Å². The highest BCUT2D eigenvalue weighted by molar-refractivity contribution is 7.17. The van der Waals surface area contributed by atoms with Gasteiger partial charge in [0, 0.05) is 31.4 Å². The zero-order chi connectivity index (χ0) is 18.7. The lowest BCUT2D eigenvalue weighted by Crippen LogP contribution is -2.64. The number of nitrogens with one attached hydrogen (secondary N) is 1. The summed E-state index contributed by atoms with van der Waals surface area (Å²) >= 11 is 1.82. The first kappa shape index (κ1) is 18.9. The Bertz CT molecular complexity index is 789. The van der Waals surface area contributed by atoms with E-state index in [2.05, 4.69) is 39.9 Å². The largest absolute Gasteiger partial charge is 0.375 e. The fraction of sp³-hybridized carbons (Fsp3) is 0.571. The highest BCUT2D eigenvalue weighted by Gasteiger charge is 2.45. The maximum absolute atomic E-state index is 12.1. The summed E-state index contributed by atoms with van der Waals surface area (Å²) < 4.78 is 12.7. The molecule has 1 amide bonds. The van der Waals surface area contributed by atoms with E-state index in [0.29, 0.717) is 0 Å². The standard InChI is InChI=1S/C21H28N2O3S/c1-25-13-20(24)22-19-8-4-5-9-21(19)15-23(10-11-26-21)12-16-14-27-18-7-3-2-6-17(16)18/h2-3,6-7,14,19H,4-5,8-13,15H2,1H3,(H,22,24)/t19-,21+/m0/s1. The van der Waals surface area contributed by atoms with Crippen molar-refractivity contribution in [1.29, 1.82) is 0 Å². The van der Waals surface area contributed by atoms with E-state index in [1.807, 2.05) is 11.3 Å². The number of nitrogens with zero attached hydrogens (tertiary/aromatic N) is 1.